The maximum atomic E-state index is 13.1. The Labute approximate surface area is 153 Å². The highest BCUT2D eigenvalue weighted by Crippen LogP contribution is 2.39. The number of carbonyl (C=O) groups excluding carboxylic acids is 1. The first-order valence-electron chi connectivity index (χ1n) is 9.28. The predicted octanol–water partition coefficient (Wildman–Crippen LogP) is 2.89. The van der Waals surface area contributed by atoms with E-state index >= 15 is 0 Å². The molecule has 2 aromatic rings. The summed E-state index contributed by atoms with van der Waals surface area (Å²) in [5.41, 5.74) is 1.64. The van der Waals surface area contributed by atoms with Crippen molar-refractivity contribution in [2.45, 2.75) is 31.9 Å². The van der Waals surface area contributed by atoms with Gasteiger partial charge in [0.25, 0.3) is 5.91 Å². The standard InChI is InChI=1S/C21H24N2O3/c24-13-18-9-15-6-7-20(18)23(12-15)21(25)17-4-1-5-19(10-17)26-14-16-3-2-8-22-11-16/h1-5,8,10-11,15,18,20,24H,6-7,9,12-14H2. The molecular formula is C21H24N2O3. The highest BCUT2D eigenvalue weighted by atomic mass is 16.5. The van der Waals surface area contributed by atoms with Crippen LogP contribution in [0.2, 0.25) is 0 Å². The van der Waals surface area contributed by atoms with Gasteiger partial charge in [0, 0.05) is 48.6 Å². The molecule has 1 aromatic heterocycles. The van der Waals surface area contributed by atoms with Gasteiger partial charge in [0.1, 0.15) is 12.4 Å². The van der Waals surface area contributed by atoms with E-state index in [1.165, 1.54) is 6.42 Å². The lowest BCUT2D eigenvalue weighted by atomic mass is 9.73. The molecule has 3 heterocycles. The molecule has 26 heavy (non-hydrogen) atoms. The van der Waals surface area contributed by atoms with E-state index in [0.29, 0.717) is 23.8 Å². The molecule has 3 aliphatic rings. The van der Waals surface area contributed by atoms with Crippen LogP contribution in [0, 0.1) is 11.8 Å². The van der Waals surface area contributed by atoms with Crippen molar-refractivity contribution in [3.63, 3.8) is 0 Å². The average Bonchev–Trinajstić information content (AvgIpc) is 2.73. The van der Waals surface area contributed by atoms with Gasteiger partial charge in [0.15, 0.2) is 0 Å². The molecule has 3 fully saturated rings. The molecule has 2 bridgehead atoms. The largest absolute Gasteiger partial charge is 0.489 e. The van der Waals surface area contributed by atoms with Crippen molar-refractivity contribution < 1.29 is 14.6 Å². The molecule has 0 radical (unpaired) electrons. The number of benzene rings is 1. The van der Waals surface area contributed by atoms with Crippen LogP contribution in [0.5, 0.6) is 5.75 Å². The molecule has 2 saturated heterocycles. The third-order valence-corrected chi connectivity index (χ3v) is 5.61. The third-order valence-electron chi connectivity index (χ3n) is 5.61. The molecule has 1 N–H and O–H groups in total. The Bertz CT molecular complexity index is 765. The Balaban J connectivity index is 1.46. The van der Waals surface area contributed by atoms with Crippen LogP contribution in [-0.2, 0) is 6.61 Å². The Morgan fingerprint density at radius 1 is 1.27 bits per heavy atom. The monoisotopic (exact) mass is 352 g/mol. The van der Waals surface area contributed by atoms with Gasteiger partial charge in [0.05, 0.1) is 0 Å². The van der Waals surface area contributed by atoms with E-state index in [0.717, 1.165) is 24.9 Å². The van der Waals surface area contributed by atoms with Crippen molar-refractivity contribution in [2.75, 3.05) is 13.2 Å². The number of aliphatic hydroxyl groups excluding tert-OH is 1. The van der Waals surface area contributed by atoms with E-state index in [1.54, 1.807) is 12.4 Å². The second kappa shape index (κ2) is 7.46. The number of aromatic nitrogens is 1. The highest BCUT2D eigenvalue weighted by Gasteiger charge is 2.42. The van der Waals surface area contributed by atoms with Crippen molar-refractivity contribution in [1.82, 2.24) is 9.88 Å². The molecule has 0 spiro atoms. The molecule has 136 valence electrons. The van der Waals surface area contributed by atoms with Crippen molar-refractivity contribution in [1.29, 1.82) is 0 Å². The molecule has 3 atom stereocenters. The van der Waals surface area contributed by atoms with Gasteiger partial charge >= 0.3 is 0 Å². The molecule has 1 saturated carbocycles. The van der Waals surface area contributed by atoms with Crippen LogP contribution < -0.4 is 4.74 Å². The summed E-state index contributed by atoms with van der Waals surface area (Å²) < 4.78 is 5.82. The summed E-state index contributed by atoms with van der Waals surface area (Å²) in [6, 6.07) is 11.4. The average molecular weight is 352 g/mol. The topological polar surface area (TPSA) is 62.7 Å². The fraction of sp³-hybridized carbons (Fsp3) is 0.429. The van der Waals surface area contributed by atoms with Crippen LogP contribution in [0.4, 0.5) is 0 Å². The van der Waals surface area contributed by atoms with Crippen LogP contribution >= 0.6 is 0 Å². The van der Waals surface area contributed by atoms with E-state index < -0.39 is 0 Å². The SMILES string of the molecule is O=C(c1cccc(OCc2cccnc2)c1)N1CC2CCC1C(CO)C2. The summed E-state index contributed by atoms with van der Waals surface area (Å²) in [5.74, 6) is 1.47. The Kier molecular flexibility index (Phi) is 4.89. The smallest absolute Gasteiger partial charge is 0.254 e. The quantitative estimate of drug-likeness (QED) is 0.899. The van der Waals surface area contributed by atoms with Gasteiger partial charge in [-0.15, -0.1) is 0 Å². The number of hydrogen-bond acceptors (Lipinski definition) is 4. The van der Waals surface area contributed by atoms with E-state index in [1.807, 2.05) is 41.3 Å². The molecule has 2 aliphatic heterocycles. The number of amides is 1. The first kappa shape index (κ1) is 17.0. The van der Waals surface area contributed by atoms with Crippen LogP contribution in [0.15, 0.2) is 48.8 Å². The molecular weight excluding hydrogens is 328 g/mol. The lowest BCUT2D eigenvalue weighted by Gasteiger charge is -2.49. The molecule has 1 aliphatic carbocycles. The molecule has 5 nitrogen and oxygen atoms in total. The van der Waals surface area contributed by atoms with Crippen LogP contribution in [0.3, 0.4) is 0 Å². The lowest BCUT2D eigenvalue weighted by Crippen LogP contribution is -2.56. The zero-order chi connectivity index (χ0) is 17.9. The number of pyridine rings is 1. The summed E-state index contributed by atoms with van der Waals surface area (Å²) in [5, 5.41) is 9.64. The van der Waals surface area contributed by atoms with Crippen LogP contribution in [-0.4, -0.2) is 40.1 Å². The van der Waals surface area contributed by atoms with Crippen LogP contribution in [0.25, 0.3) is 0 Å². The number of carbonyl (C=O) groups is 1. The first-order chi connectivity index (χ1) is 12.7. The summed E-state index contributed by atoms with van der Waals surface area (Å²) in [7, 11) is 0. The van der Waals surface area contributed by atoms with Gasteiger partial charge in [-0.25, -0.2) is 0 Å². The Morgan fingerprint density at radius 3 is 2.96 bits per heavy atom. The fourth-order valence-electron chi connectivity index (χ4n) is 4.30. The minimum atomic E-state index is 0.0460. The maximum Gasteiger partial charge on any atom is 0.254 e. The minimum Gasteiger partial charge on any atom is -0.489 e. The maximum absolute atomic E-state index is 13.1. The number of ether oxygens (including phenoxy) is 1. The number of nitrogens with zero attached hydrogens (tertiary/aromatic N) is 2. The van der Waals surface area contributed by atoms with Gasteiger partial charge in [0.2, 0.25) is 0 Å². The Hall–Kier alpha value is -2.40. The van der Waals surface area contributed by atoms with E-state index in [4.69, 9.17) is 4.74 Å². The molecule has 3 unspecified atom stereocenters. The second-order valence-electron chi connectivity index (χ2n) is 7.32. The van der Waals surface area contributed by atoms with Crippen molar-refractivity contribution in [3.8, 4) is 5.75 Å². The van der Waals surface area contributed by atoms with Crippen molar-refractivity contribution >= 4 is 5.91 Å². The molecule has 1 amide bonds. The molecule has 5 heteroatoms. The van der Waals surface area contributed by atoms with E-state index in [9.17, 15) is 9.90 Å². The fourth-order valence-corrected chi connectivity index (χ4v) is 4.30. The summed E-state index contributed by atoms with van der Waals surface area (Å²) >= 11 is 0. The van der Waals surface area contributed by atoms with Gasteiger partial charge in [-0.1, -0.05) is 12.1 Å². The van der Waals surface area contributed by atoms with Gasteiger partial charge in [-0.05, 0) is 49.4 Å². The number of aliphatic hydroxyl groups is 1. The summed E-state index contributed by atoms with van der Waals surface area (Å²) in [6.07, 6.45) is 6.71. The number of piperidine rings is 2. The summed E-state index contributed by atoms with van der Waals surface area (Å²) in [6.45, 7) is 1.40. The zero-order valence-corrected chi connectivity index (χ0v) is 14.8. The van der Waals surface area contributed by atoms with E-state index in [-0.39, 0.29) is 24.5 Å². The molecule has 5 rings (SSSR count). The van der Waals surface area contributed by atoms with Crippen molar-refractivity contribution in [3.05, 3.63) is 59.9 Å². The minimum absolute atomic E-state index is 0.0460. The number of hydrogen-bond donors (Lipinski definition) is 1. The highest BCUT2D eigenvalue weighted by molar-refractivity contribution is 5.95. The van der Waals surface area contributed by atoms with Gasteiger partial charge in [-0.2, -0.15) is 0 Å². The van der Waals surface area contributed by atoms with Crippen molar-refractivity contribution in [2.24, 2.45) is 11.8 Å². The normalized spacial score (nSPS) is 24.5. The third kappa shape index (κ3) is 3.44. The molecule has 1 aromatic carbocycles. The predicted molar refractivity (Wildman–Crippen MR) is 97.8 cm³/mol. The van der Waals surface area contributed by atoms with E-state index in [2.05, 4.69) is 4.98 Å². The lowest BCUT2D eigenvalue weighted by molar-refractivity contribution is -0.0107. The Morgan fingerprint density at radius 2 is 2.19 bits per heavy atom. The number of fused-ring (bicyclic) bond motifs is 3. The number of rotatable bonds is 5. The summed E-state index contributed by atoms with van der Waals surface area (Å²) in [4.78, 5) is 19.1. The van der Waals surface area contributed by atoms with Crippen LogP contribution in [0.1, 0.15) is 35.2 Å². The first-order valence-corrected chi connectivity index (χ1v) is 9.28. The van der Waals surface area contributed by atoms with Gasteiger partial charge < -0.3 is 14.7 Å². The zero-order valence-electron chi connectivity index (χ0n) is 14.8. The second-order valence-corrected chi connectivity index (χ2v) is 7.32. The van der Waals surface area contributed by atoms with Gasteiger partial charge in [-0.3, -0.25) is 9.78 Å².